The standard InChI is InChI=1S/C18H19N5O2/c1-13-9-14(2)11-15(10-13)25-8-6-20-18(24)16-3-4-17(22-21-16)23-7-5-19-12-23/h3-5,7,9-12H,6,8H2,1-2H3,(H,20,24). The maximum atomic E-state index is 12.1. The third-order valence-corrected chi connectivity index (χ3v) is 3.50. The van der Waals surface area contributed by atoms with Crippen molar-refractivity contribution in [3.8, 4) is 11.6 Å². The molecule has 0 radical (unpaired) electrons. The molecule has 0 spiro atoms. The first-order valence-electron chi connectivity index (χ1n) is 7.93. The minimum Gasteiger partial charge on any atom is -0.492 e. The molecule has 0 aliphatic carbocycles. The first-order chi connectivity index (χ1) is 12.1. The Balaban J connectivity index is 1.49. The molecule has 1 amide bonds. The first-order valence-corrected chi connectivity index (χ1v) is 7.93. The highest BCUT2D eigenvalue weighted by atomic mass is 16.5. The van der Waals surface area contributed by atoms with Gasteiger partial charge in [0, 0.05) is 12.4 Å². The highest BCUT2D eigenvalue weighted by molar-refractivity contribution is 5.92. The van der Waals surface area contributed by atoms with E-state index in [1.165, 1.54) is 0 Å². The van der Waals surface area contributed by atoms with Gasteiger partial charge in [0.25, 0.3) is 5.91 Å². The molecule has 0 saturated heterocycles. The molecule has 1 aromatic carbocycles. The maximum Gasteiger partial charge on any atom is 0.271 e. The molecule has 0 bridgehead atoms. The van der Waals surface area contributed by atoms with Crippen molar-refractivity contribution in [2.45, 2.75) is 13.8 Å². The van der Waals surface area contributed by atoms with Crippen LogP contribution in [0.25, 0.3) is 5.82 Å². The molecule has 0 fully saturated rings. The van der Waals surface area contributed by atoms with Crippen molar-refractivity contribution in [2.24, 2.45) is 0 Å². The molecule has 7 heteroatoms. The summed E-state index contributed by atoms with van der Waals surface area (Å²) < 4.78 is 7.38. The van der Waals surface area contributed by atoms with Gasteiger partial charge in [-0.3, -0.25) is 9.36 Å². The van der Waals surface area contributed by atoms with Crippen LogP contribution >= 0.6 is 0 Å². The Morgan fingerprint density at radius 2 is 1.96 bits per heavy atom. The number of ether oxygens (including phenoxy) is 1. The summed E-state index contributed by atoms with van der Waals surface area (Å²) in [6.07, 6.45) is 5.03. The van der Waals surface area contributed by atoms with Crippen LogP contribution < -0.4 is 10.1 Å². The van der Waals surface area contributed by atoms with Gasteiger partial charge < -0.3 is 10.1 Å². The average Bonchev–Trinajstić information content (AvgIpc) is 3.12. The van der Waals surface area contributed by atoms with E-state index in [-0.39, 0.29) is 11.6 Å². The highest BCUT2D eigenvalue weighted by Gasteiger charge is 2.08. The van der Waals surface area contributed by atoms with Gasteiger partial charge in [-0.1, -0.05) is 6.07 Å². The largest absolute Gasteiger partial charge is 0.492 e. The fourth-order valence-corrected chi connectivity index (χ4v) is 2.42. The second-order valence-corrected chi connectivity index (χ2v) is 5.67. The SMILES string of the molecule is Cc1cc(C)cc(OCCNC(=O)c2ccc(-n3ccnc3)nn2)c1. The zero-order valence-electron chi connectivity index (χ0n) is 14.1. The van der Waals surface area contributed by atoms with Gasteiger partial charge in [0.15, 0.2) is 11.5 Å². The Hall–Kier alpha value is -3.22. The van der Waals surface area contributed by atoms with E-state index >= 15 is 0 Å². The van der Waals surface area contributed by atoms with Crippen LogP contribution in [0.3, 0.4) is 0 Å². The Morgan fingerprint density at radius 1 is 1.16 bits per heavy atom. The van der Waals surface area contributed by atoms with Gasteiger partial charge >= 0.3 is 0 Å². The van der Waals surface area contributed by atoms with Gasteiger partial charge in [-0.25, -0.2) is 4.98 Å². The second kappa shape index (κ2) is 7.57. The van der Waals surface area contributed by atoms with Gasteiger partial charge in [0.2, 0.25) is 0 Å². The van der Waals surface area contributed by atoms with Crippen molar-refractivity contribution < 1.29 is 9.53 Å². The molecule has 128 valence electrons. The Kier molecular flexibility index (Phi) is 5.03. The molecule has 25 heavy (non-hydrogen) atoms. The van der Waals surface area contributed by atoms with Crippen LogP contribution in [0.2, 0.25) is 0 Å². The minimum absolute atomic E-state index is 0.260. The number of amides is 1. The lowest BCUT2D eigenvalue weighted by molar-refractivity contribution is 0.0941. The molecule has 0 unspecified atom stereocenters. The third-order valence-electron chi connectivity index (χ3n) is 3.50. The van der Waals surface area contributed by atoms with Gasteiger partial charge in [-0.15, -0.1) is 10.2 Å². The van der Waals surface area contributed by atoms with E-state index in [0.29, 0.717) is 19.0 Å². The fraction of sp³-hybridized carbons (Fsp3) is 0.222. The number of benzene rings is 1. The summed E-state index contributed by atoms with van der Waals surface area (Å²) in [4.78, 5) is 16.0. The zero-order chi connectivity index (χ0) is 17.6. The zero-order valence-corrected chi connectivity index (χ0v) is 14.1. The Labute approximate surface area is 145 Å². The third kappa shape index (κ3) is 4.41. The molecule has 3 aromatic rings. The van der Waals surface area contributed by atoms with Crippen LogP contribution in [0, 0.1) is 13.8 Å². The summed E-state index contributed by atoms with van der Waals surface area (Å²) in [6.45, 7) is 4.81. The van der Waals surface area contributed by atoms with Crippen LogP contribution in [-0.4, -0.2) is 38.8 Å². The maximum absolute atomic E-state index is 12.1. The second-order valence-electron chi connectivity index (χ2n) is 5.67. The van der Waals surface area contributed by atoms with E-state index in [1.54, 1.807) is 35.4 Å². The van der Waals surface area contributed by atoms with Gasteiger partial charge in [-0.05, 0) is 49.2 Å². The van der Waals surface area contributed by atoms with Crippen molar-refractivity contribution in [1.82, 2.24) is 25.1 Å². The lowest BCUT2D eigenvalue weighted by Gasteiger charge is -2.09. The normalized spacial score (nSPS) is 10.5. The number of carbonyl (C=O) groups is 1. The van der Waals surface area contributed by atoms with Crippen LogP contribution in [0.15, 0.2) is 49.1 Å². The van der Waals surface area contributed by atoms with Crippen LogP contribution in [0.4, 0.5) is 0 Å². The van der Waals surface area contributed by atoms with Crippen molar-refractivity contribution in [1.29, 1.82) is 0 Å². The summed E-state index contributed by atoms with van der Waals surface area (Å²) >= 11 is 0. The van der Waals surface area contributed by atoms with Crippen LogP contribution in [0.1, 0.15) is 21.6 Å². The predicted octanol–water partition coefficient (Wildman–Crippen LogP) is 2.09. The molecule has 0 aliphatic rings. The van der Waals surface area contributed by atoms with Gasteiger partial charge in [-0.2, -0.15) is 0 Å². The average molecular weight is 337 g/mol. The minimum atomic E-state index is -0.284. The van der Waals surface area contributed by atoms with E-state index in [2.05, 4.69) is 26.6 Å². The van der Waals surface area contributed by atoms with Crippen LogP contribution in [-0.2, 0) is 0 Å². The Morgan fingerprint density at radius 3 is 2.60 bits per heavy atom. The smallest absolute Gasteiger partial charge is 0.271 e. The first kappa shape index (κ1) is 16.6. The molecule has 3 rings (SSSR count). The molecule has 2 heterocycles. The number of nitrogens with zero attached hydrogens (tertiary/aromatic N) is 4. The lowest BCUT2D eigenvalue weighted by Crippen LogP contribution is -2.29. The molecule has 0 aliphatic heterocycles. The number of aryl methyl sites for hydroxylation is 2. The summed E-state index contributed by atoms with van der Waals surface area (Å²) in [7, 11) is 0. The van der Waals surface area contributed by atoms with Crippen LogP contribution in [0.5, 0.6) is 5.75 Å². The quantitative estimate of drug-likeness (QED) is 0.697. The van der Waals surface area contributed by atoms with E-state index in [1.807, 2.05) is 26.0 Å². The number of nitrogens with one attached hydrogen (secondary N) is 1. The number of carbonyl (C=O) groups excluding carboxylic acids is 1. The molecule has 0 atom stereocenters. The van der Waals surface area contributed by atoms with Gasteiger partial charge in [0.05, 0.1) is 6.54 Å². The number of aromatic nitrogens is 4. The monoisotopic (exact) mass is 337 g/mol. The number of hydrogen-bond donors (Lipinski definition) is 1. The van der Waals surface area contributed by atoms with Crippen molar-refractivity contribution in [3.05, 3.63) is 65.9 Å². The summed E-state index contributed by atoms with van der Waals surface area (Å²) in [5.74, 6) is 1.12. The number of hydrogen-bond acceptors (Lipinski definition) is 5. The molecular weight excluding hydrogens is 318 g/mol. The lowest BCUT2D eigenvalue weighted by atomic mass is 10.1. The fourth-order valence-electron chi connectivity index (χ4n) is 2.42. The van der Waals surface area contributed by atoms with E-state index in [4.69, 9.17) is 4.74 Å². The number of imidazole rings is 1. The van der Waals surface area contributed by atoms with Crippen molar-refractivity contribution in [3.63, 3.8) is 0 Å². The summed E-state index contributed by atoms with van der Waals surface area (Å²) in [6, 6.07) is 9.36. The highest BCUT2D eigenvalue weighted by Crippen LogP contribution is 2.15. The van der Waals surface area contributed by atoms with Crippen molar-refractivity contribution in [2.75, 3.05) is 13.2 Å². The summed E-state index contributed by atoms with van der Waals surface area (Å²) in [5, 5.41) is 10.7. The molecular formula is C18H19N5O2. The predicted molar refractivity (Wildman–Crippen MR) is 92.9 cm³/mol. The number of rotatable bonds is 6. The summed E-state index contributed by atoms with van der Waals surface area (Å²) in [5.41, 5.74) is 2.55. The molecule has 1 N–H and O–H groups in total. The molecule has 2 aromatic heterocycles. The van der Waals surface area contributed by atoms with Gasteiger partial charge in [0.1, 0.15) is 18.7 Å². The topological polar surface area (TPSA) is 81.9 Å². The van der Waals surface area contributed by atoms with E-state index in [0.717, 1.165) is 16.9 Å². The van der Waals surface area contributed by atoms with E-state index in [9.17, 15) is 4.79 Å². The Bertz CT molecular complexity index is 824. The van der Waals surface area contributed by atoms with E-state index < -0.39 is 0 Å². The molecule has 7 nitrogen and oxygen atoms in total. The van der Waals surface area contributed by atoms with Crippen molar-refractivity contribution >= 4 is 5.91 Å². The molecule has 0 saturated carbocycles.